The van der Waals surface area contributed by atoms with E-state index in [4.69, 9.17) is 4.98 Å². The fraction of sp³-hybridized carbons (Fsp3) is 0.357. The molecule has 0 spiro atoms. The highest BCUT2D eigenvalue weighted by Crippen LogP contribution is 2.28. The van der Waals surface area contributed by atoms with E-state index in [1.165, 1.54) is 28.8 Å². The molecule has 2 N–H and O–H groups in total. The normalized spacial score (nSPS) is 15.3. The lowest BCUT2D eigenvalue weighted by Gasteiger charge is -2.35. The van der Waals surface area contributed by atoms with Crippen LogP contribution in [0.4, 0.5) is 14.7 Å². The second-order valence-corrected chi connectivity index (χ2v) is 9.88. The van der Waals surface area contributed by atoms with Gasteiger partial charge in [0.15, 0.2) is 0 Å². The molecule has 200 valence electrons. The second kappa shape index (κ2) is 10.4. The third kappa shape index (κ3) is 5.29. The van der Waals surface area contributed by atoms with Crippen LogP contribution in [0.1, 0.15) is 65.2 Å². The summed E-state index contributed by atoms with van der Waals surface area (Å²) in [6, 6.07) is 11.6. The highest BCUT2D eigenvalue weighted by Gasteiger charge is 2.32. The number of nitrogens with zero attached hydrogens (tertiary/aromatic N) is 3. The van der Waals surface area contributed by atoms with Crippen molar-refractivity contribution >= 4 is 17.8 Å². The summed E-state index contributed by atoms with van der Waals surface area (Å²) < 4.78 is 28.7. The predicted octanol–water partition coefficient (Wildman–Crippen LogP) is 4.11. The first-order valence-corrected chi connectivity index (χ1v) is 12.4. The largest absolute Gasteiger partial charge is 0.355 e. The topological polar surface area (TPSA) is 96.3 Å². The summed E-state index contributed by atoms with van der Waals surface area (Å²) in [5, 5.41) is 5.79. The summed E-state index contributed by atoms with van der Waals surface area (Å²) in [6.45, 7) is 6.61. The van der Waals surface area contributed by atoms with E-state index in [1.54, 1.807) is 36.2 Å². The number of anilines is 1. The van der Waals surface area contributed by atoms with Crippen LogP contribution in [0, 0.1) is 0 Å². The summed E-state index contributed by atoms with van der Waals surface area (Å²) in [4.78, 5) is 45.4. The van der Waals surface area contributed by atoms with Crippen molar-refractivity contribution in [2.24, 2.45) is 0 Å². The number of hydrogen-bond acceptors (Lipinski definition) is 5. The van der Waals surface area contributed by atoms with E-state index in [9.17, 15) is 23.2 Å². The zero-order chi connectivity index (χ0) is 27.8. The fourth-order valence-corrected chi connectivity index (χ4v) is 4.50. The maximum absolute atomic E-state index is 13.7. The van der Waals surface area contributed by atoms with Crippen LogP contribution in [0.25, 0.3) is 5.69 Å². The summed E-state index contributed by atoms with van der Waals surface area (Å²) in [5.74, 6) is -3.22. The lowest BCUT2D eigenvalue weighted by atomic mass is 9.98. The number of carbonyl (C=O) groups is 2. The number of alkyl halides is 2. The molecule has 2 aromatic carbocycles. The van der Waals surface area contributed by atoms with Crippen molar-refractivity contribution in [3.63, 3.8) is 0 Å². The van der Waals surface area contributed by atoms with Gasteiger partial charge in [-0.3, -0.25) is 14.4 Å². The zero-order valence-corrected chi connectivity index (χ0v) is 22.0. The van der Waals surface area contributed by atoms with Crippen LogP contribution < -0.4 is 16.2 Å². The number of hydrogen-bond donors (Lipinski definition) is 2. The molecule has 4 rings (SSSR count). The number of halogens is 2. The first kappa shape index (κ1) is 27.0. The van der Waals surface area contributed by atoms with E-state index in [1.807, 2.05) is 20.8 Å². The predicted molar refractivity (Wildman–Crippen MR) is 141 cm³/mol. The van der Waals surface area contributed by atoms with Gasteiger partial charge in [-0.1, -0.05) is 12.1 Å². The number of aromatic nitrogens is 2. The van der Waals surface area contributed by atoms with E-state index in [-0.39, 0.29) is 48.0 Å². The first-order chi connectivity index (χ1) is 17.9. The average molecular weight is 524 g/mol. The summed E-state index contributed by atoms with van der Waals surface area (Å²) in [5.41, 5.74) is 1.89. The third-order valence-corrected chi connectivity index (χ3v) is 6.55. The zero-order valence-electron chi connectivity index (χ0n) is 22.0. The van der Waals surface area contributed by atoms with Gasteiger partial charge in [0.05, 0.1) is 17.9 Å². The molecule has 0 bridgehead atoms. The third-order valence-electron chi connectivity index (χ3n) is 6.55. The molecule has 10 heteroatoms. The van der Waals surface area contributed by atoms with Crippen LogP contribution in [-0.2, 0) is 18.9 Å². The molecule has 0 saturated carbocycles. The van der Waals surface area contributed by atoms with Crippen molar-refractivity contribution in [1.29, 1.82) is 0 Å². The van der Waals surface area contributed by atoms with E-state index >= 15 is 0 Å². The van der Waals surface area contributed by atoms with Gasteiger partial charge in [-0.15, -0.1) is 0 Å². The van der Waals surface area contributed by atoms with Gasteiger partial charge in [0.2, 0.25) is 5.95 Å². The van der Waals surface area contributed by atoms with E-state index in [2.05, 4.69) is 10.6 Å². The molecule has 0 fully saturated rings. The van der Waals surface area contributed by atoms with Crippen LogP contribution in [0.15, 0.2) is 53.3 Å². The quantitative estimate of drug-likeness (QED) is 0.507. The monoisotopic (exact) mass is 523 g/mol. The van der Waals surface area contributed by atoms with Gasteiger partial charge < -0.3 is 15.5 Å². The van der Waals surface area contributed by atoms with Crippen LogP contribution >= 0.6 is 0 Å². The van der Waals surface area contributed by atoms with Gasteiger partial charge >= 0.3 is 0 Å². The Kier molecular flexibility index (Phi) is 7.35. The molecule has 1 aromatic heterocycles. The van der Waals surface area contributed by atoms with Gasteiger partial charge in [-0.25, -0.2) is 18.3 Å². The molecule has 8 nitrogen and oxygen atoms in total. The van der Waals surface area contributed by atoms with Gasteiger partial charge in [0, 0.05) is 48.3 Å². The number of fused-ring (bicyclic) bond motifs is 1. The van der Waals surface area contributed by atoms with Crippen LogP contribution in [0.2, 0.25) is 0 Å². The molecule has 1 atom stereocenters. The lowest BCUT2D eigenvalue weighted by Crippen LogP contribution is -2.46. The summed E-state index contributed by atoms with van der Waals surface area (Å²) in [6.07, 6.45) is 0.288. The Balaban J connectivity index is 1.71. The van der Waals surface area contributed by atoms with Crippen molar-refractivity contribution in [2.75, 3.05) is 12.4 Å². The van der Waals surface area contributed by atoms with Crippen molar-refractivity contribution in [3.05, 3.63) is 86.8 Å². The van der Waals surface area contributed by atoms with Crippen LogP contribution in [0.5, 0.6) is 0 Å². The minimum Gasteiger partial charge on any atom is -0.355 e. The average Bonchev–Trinajstić information content (AvgIpc) is 2.87. The molecular formula is C28H31F2N5O3. The van der Waals surface area contributed by atoms with Gasteiger partial charge in [0.1, 0.15) is 0 Å². The smallest absolute Gasteiger partial charge is 0.270 e. The van der Waals surface area contributed by atoms with Gasteiger partial charge in [0.25, 0.3) is 23.3 Å². The molecule has 3 aromatic rings. The Hall–Kier alpha value is -4.08. The molecule has 0 aliphatic carbocycles. The van der Waals surface area contributed by atoms with Crippen molar-refractivity contribution in [2.45, 2.75) is 58.7 Å². The molecule has 38 heavy (non-hydrogen) atoms. The van der Waals surface area contributed by atoms with Gasteiger partial charge in [-0.05, 0) is 63.6 Å². The Labute approximate surface area is 219 Å². The molecule has 0 saturated heterocycles. The number of rotatable bonds is 6. The maximum Gasteiger partial charge on any atom is 0.270 e. The molecule has 2 heterocycles. The molecular weight excluding hydrogens is 492 g/mol. The molecule has 0 radical (unpaired) electrons. The van der Waals surface area contributed by atoms with E-state index < -0.39 is 5.92 Å². The molecule has 2 amide bonds. The van der Waals surface area contributed by atoms with Crippen LogP contribution in [0.3, 0.4) is 0 Å². The number of nitrogens with one attached hydrogen (secondary N) is 2. The number of amides is 2. The Morgan fingerprint density at radius 1 is 1.05 bits per heavy atom. The summed E-state index contributed by atoms with van der Waals surface area (Å²) in [7, 11) is 1.55. The fourth-order valence-electron chi connectivity index (χ4n) is 4.50. The molecule has 1 aliphatic rings. The molecule has 0 unspecified atom stereocenters. The highest BCUT2D eigenvalue weighted by molar-refractivity contribution is 5.95. The van der Waals surface area contributed by atoms with Gasteiger partial charge in [-0.2, -0.15) is 0 Å². The molecule has 1 aliphatic heterocycles. The Bertz CT molecular complexity index is 1410. The SMILES string of the molecule is CNC(=O)c1ccc(-n2c(NC(C)C)nc3c(c2=O)C[C@@H](C)N(C(=O)c2ccc(C(C)(F)F)cc2)C3)cc1. The minimum absolute atomic E-state index is 0.0354. The van der Waals surface area contributed by atoms with E-state index in [0.29, 0.717) is 34.0 Å². The minimum atomic E-state index is -2.99. The Morgan fingerprint density at radius 3 is 2.21 bits per heavy atom. The number of benzene rings is 2. The van der Waals surface area contributed by atoms with E-state index in [0.717, 1.165) is 6.92 Å². The lowest BCUT2D eigenvalue weighted by molar-refractivity contribution is 0.0174. The van der Waals surface area contributed by atoms with Crippen LogP contribution in [-0.4, -0.2) is 45.4 Å². The Morgan fingerprint density at radius 2 is 1.66 bits per heavy atom. The maximum atomic E-state index is 13.7. The number of carbonyl (C=O) groups excluding carboxylic acids is 2. The van der Waals surface area contributed by atoms with Crippen molar-refractivity contribution in [3.8, 4) is 5.69 Å². The second-order valence-electron chi connectivity index (χ2n) is 9.88. The van der Waals surface area contributed by atoms with Crippen molar-refractivity contribution in [1.82, 2.24) is 19.8 Å². The van der Waals surface area contributed by atoms with Crippen molar-refractivity contribution < 1.29 is 18.4 Å². The standard InChI is InChI=1S/C28H31F2N5O3/c1-16(2)32-27-33-23-15-34(25(37)19-6-10-20(11-7-19)28(4,29)30)17(3)14-22(23)26(38)35(27)21-12-8-18(9-13-21)24(36)31-5/h6-13,16-17H,14-15H2,1-5H3,(H,31,36)(H,32,33)/t17-/m1/s1. The highest BCUT2D eigenvalue weighted by atomic mass is 19.3. The first-order valence-electron chi connectivity index (χ1n) is 12.4. The summed E-state index contributed by atoms with van der Waals surface area (Å²) >= 11 is 0.